The molecule has 3 aromatic heterocycles. The van der Waals surface area contributed by atoms with Gasteiger partial charge in [0, 0.05) is 16.5 Å². The van der Waals surface area contributed by atoms with Crippen LogP contribution in [0.5, 0.6) is 0 Å². The van der Waals surface area contributed by atoms with Crippen molar-refractivity contribution in [1.82, 2.24) is 19.6 Å². The van der Waals surface area contributed by atoms with E-state index in [1.165, 1.54) is 5.56 Å². The lowest BCUT2D eigenvalue weighted by Gasteiger charge is -2.14. The normalized spacial score (nSPS) is 11.9. The van der Waals surface area contributed by atoms with Gasteiger partial charge in [0.25, 0.3) is 0 Å². The highest BCUT2D eigenvalue weighted by molar-refractivity contribution is 5.86. The molecule has 0 saturated heterocycles. The van der Waals surface area contributed by atoms with Crippen molar-refractivity contribution in [2.45, 2.75) is 53.1 Å². The van der Waals surface area contributed by atoms with Crippen molar-refractivity contribution in [2.75, 3.05) is 0 Å². The second-order valence-corrected chi connectivity index (χ2v) is 7.27. The van der Waals surface area contributed by atoms with Crippen LogP contribution < -0.4 is 0 Å². The Morgan fingerprint density at radius 1 is 1.11 bits per heavy atom. The first-order valence-corrected chi connectivity index (χ1v) is 9.60. The van der Waals surface area contributed by atoms with E-state index < -0.39 is 6.67 Å². The average Bonchev–Trinajstić information content (AvgIpc) is 3.21. The number of aryl methyl sites for hydroxylation is 2. The first kappa shape index (κ1) is 17.7. The van der Waals surface area contributed by atoms with Crippen molar-refractivity contribution in [2.24, 2.45) is 0 Å². The van der Waals surface area contributed by atoms with Crippen molar-refractivity contribution in [3.63, 3.8) is 0 Å². The van der Waals surface area contributed by atoms with Crippen LogP contribution in [0.3, 0.4) is 0 Å². The molecular formula is C22H25FN4. The molecule has 140 valence electrons. The van der Waals surface area contributed by atoms with Crippen LogP contribution in [0.15, 0.2) is 30.3 Å². The Morgan fingerprint density at radius 2 is 1.89 bits per heavy atom. The van der Waals surface area contributed by atoms with Crippen molar-refractivity contribution in [3.8, 4) is 11.4 Å². The molecule has 0 saturated carbocycles. The molecule has 4 rings (SSSR count). The third kappa shape index (κ3) is 2.91. The molecule has 27 heavy (non-hydrogen) atoms. The van der Waals surface area contributed by atoms with E-state index in [2.05, 4.69) is 31.0 Å². The van der Waals surface area contributed by atoms with E-state index in [-0.39, 0.29) is 0 Å². The predicted octanol–water partition coefficient (Wildman–Crippen LogP) is 5.87. The molecule has 0 unspecified atom stereocenters. The molecule has 0 spiro atoms. The van der Waals surface area contributed by atoms with Crippen molar-refractivity contribution in [3.05, 3.63) is 52.8 Å². The first-order chi connectivity index (χ1) is 13.0. The minimum Gasteiger partial charge on any atom is -0.353 e. The third-order valence-electron chi connectivity index (χ3n) is 5.43. The number of H-pyrrole nitrogens is 1. The largest absolute Gasteiger partial charge is 0.353 e. The topological polar surface area (TPSA) is 46.0 Å². The Labute approximate surface area is 158 Å². The molecule has 0 aliphatic heterocycles. The summed E-state index contributed by atoms with van der Waals surface area (Å²) in [5.74, 6) is 0.471. The lowest BCUT2D eigenvalue weighted by atomic mass is 9.95. The first-order valence-electron chi connectivity index (χ1n) is 9.60. The summed E-state index contributed by atoms with van der Waals surface area (Å²) in [5, 5.41) is 5.76. The summed E-state index contributed by atoms with van der Waals surface area (Å²) in [7, 11) is 0. The number of benzene rings is 1. The zero-order valence-electron chi connectivity index (χ0n) is 16.3. The zero-order valence-corrected chi connectivity index (χ0v) is 16.3. The van der Waals surface area contributed by atoms with Gasteiger partial charge in [0.05, 0.1) is 17.1 Å². The number of hydrogen-bond acceptors (Lipinski definition) is 2. The quantitative estimate of drug-likeness (QED) is 0.481. The average molecular weight is 364 g/mol. The molecule has 0 atom stereocenters. The van der Waals surface area contributed by atoms with E-state index >= 15 is 0 Å². The van der Waals surface area contributed by atoms with E-state index in [4.69, 9.17) is 10.1 Å². The summed E-state index contributed by atoms with van der Waals surface area (Å²) in [5.41, 5.74) is 7.73. The SMILES string of the molecule is CCC(CC)c1cc(C)nn2c(-c3cc4cc(CF)ccc4[nH]3)c(C)nc12. The Balaban J connectivity index is 1.96. The van der Waals surface area contributed by atoms with E-state index in [0.717, 1.165) is 52.2 Å². The van der Waals surface area contributed by atoms with Crippen LogP contribution in [0.25, 0.3) is 27.9 Å². The number of fused-ring (bicyclic) bond motifs is 2. The van der Waals surface area contributed by atoms with Crippen LogP contribution in [0.1, 0.15) is 55.1 Å². The van der Waals surface area contributed by atoms with Crippen LogP contribution >= 0.6 is 0 Å². The van der Waals surface area contributed by atoms with E-state index in [9.17, 15) is 4.39 Å². The molecular weight excluding hydrogens is 339 g/mol. The summed E-state index contributed by atoms with van der Waals surface area (Å²) in [4.78, 5) is 8.33. The number of halogens is 1. The predicted molar refractivity (Wildman–Crippen MR) is 108 cm³/mol. The summed E-state index contributed by atoms with van der Waals surface area (Å²) in [6.07, 6.45) is 2.16. The maximum absolute atomic E-state index is 13.0. The number of imidazole rings is 1. The minimum absolute atomic E-state index is 0.454. The molecule has 0 fully saturated rings. The van der Waals surface area contributed by atoms with Gasteiger partial charge in [-0.1, -0.05) is 19.9 Å². The maximum Gasteiger partial charge on any atom is 0.158 e. The van der Waals surface area contributed by atoms with Gasteiger partial charge in [0.15, 0.2) is 5.65 Å². The molecule has 4 aromatic rings. The molecule has 1 N–H and O–H groups in total. The second-order valence-electron chi connectivity index (χ2n) is 7.27. The zero-order chi connectivity index (χ0) is 19.1. The molecule has 0 amide bonds. The second kappa shape index (κ2) is 6.80. The van der Waals surface area contributed by atoms with Crippen molar-refractivity contribution < 1.29 is 4.39 Å². The standard InChI is InChI=1S/C22H25FN4/c1-5-16(6-2)18-9-13(3)26-27-21(14(4)24-22(18)27)20-11-17-10-15(12-23)7-8-19(17)25-20/h7-11,16,25H,5-6,12H2,1-4H3. The molecule has 0 radical (unpaired) electrons. The van der Waals surface area contributed by atoms with Gasteiger partial charge in [-0.2, -0.15) is 5.10 Å². The highest BCUT2D eigenvalue weighted by atomic mass is 19.1. The molecule has 1 aromatic carbocycles. The number of aromatic nitrogens is 4. The van der Waals surface area contributed by atoms with Gasteiger partial charge in [0.1, 0.15) is 12.4 Å². The fraction of sp³-hybridized carbons (Fsp3) is 0.364. The Morgan fingerprint density at radius 3 is 2.59 bits per heavy atom. The summed E-state index contributed by atoms with van der Waals surface area (Å²) < 4.78 is 15.0. The van der Waals surface area contributed by atoms with Gasteiger partial charge in [-0.25, -0.2) is 13.9 Å². The van der Waals surface area contributed by atoms with E-state index in [1.807, 2.05) is 36.6 Å². The van der Waals surface area contributed by atoms with Gasteiger partial charge in [-0.3, -0.25) is 0 Å². The molecule has 5 heteroatoms. The summed E-state index contributed by atoms with van der Waals surface area (Å²) in [6, 6.07) is 9.87. The fourth-order valence-corrected chi connectivity index (χ4v) is 4.01. The lowest BCUT2D eigenvalue weighted by molar-refractivity contribution is 0.485. The highest BCUT2D eigenvalue weighted by Gasteiger charge is 2.20. The molecule has 0 bridgehead atoms. The molecule has 0 aliphatic carbocycles. The Kier molecular flexibility index (Phi) is 4.46. The van der Waals surface area contributed by atoms with Gasteiger partial charge in [-0.05, 0) is 62.4 Å². The smallest absolute Gasteiger partial charge is 0.158 e. The molecule has 0 aliphatic rings. The number of nitrogens with one attached hydrogen (secondary N) is 1. The third-order valence-corrected chi connectivity index (χ3v) is 5.43. The molecule has 4 nitrogen and oxygen atoms in total. The number of nitrogens with zero attached hydrogens (tertiary/aromatic N) is 3. The number of alkyl halides is 1. The van der Waals surface area contributed by atoms with Gasteiger partial charge in [0.2, 0.25) is 0 Å². The number of rotatable bonds is 5. The lowest BCUT2D eigenvalue weighted by Crippen LogP contribution is -2.05. The van der Waals surface area contributed by atoms with Crippen LogP contribution in [0, 0.1) is 13.8 Å². The summed E-state index contributed by atoms with van der Waals surface area (Å²) >= 11 is 0. The number of aromatic amines is 1. The van der Waals surface area contributed by atoms with Crippen molar-refractivity contribution in [1.29, 1.82) is 0 Å². The molecule has 3 heterocycles. The fourth-order valence-electron chi connectivity index (χ4n) is 4.01. The van der Waals surface area contributed by atoms with Gasteiger partial charge < -0.3 is 4.98 Å². The Bertz CT molecular complexity index is 1120. The van der Waals surface area contributed by atoms with Gasteiger partial charge in [-0.15, -0.1) is 0 Å². The van der Waals surface area contributed by atoms with Crippen molar-refractivity contribution >= 4 is 16.6 Å². The van der Waals surface area contributed by atoms with Crippen LogP contribution in [-0.4, -0.2) is 19.6 Å². The Hall–Kier alpha value is -2.69. The van der Waals surface area contributed by atoms with Crippen LogP contribution in [0.2, 0.25) is 0 Å². The van der Waals surface area contributed by atoms with Crippen LogP contribution in [-0.2, 0) is 6.67 Å². The minimum atomic E-state index is -0.454. The summed E-state index contributed by atoms with van der Waals surface area (Å²) in [6.45, 7) is 8.04. The maximum atomic E-state index is 13.0. The van der Waals surface area contributed by atoms with E-state index in [1.54, 1.807) is 0 Å². The van der Waals surface area contributed by atoms with E-state index in [0.29, 0.717) is 11.5 Å². The number of hydrogen-bond donors (Lipinski definition) is 1. The van der Waals surface area contributed by atoms with Crippen LogP contribution in [0.4, 0.5) is 4.39 Å². The monoisotopic (exact) mass is 364 g/mol. The van der Waals surface area contributed by atoms with Gasteiger partial charge >= 0.3 is 0 Å². The highest BCUT2D eigenvalue weighted by Crippen LogP contribution is 2.32.